The molecule has 8 nitrogen and oxygen atoms in total. The van der Waals surface area contributed by atoms with Crippen molar-refractivity contribution in [1.29, 1.82) is 0 Å². The van der Waals surface area contributed by atoms with Gasteiger partial charge in [-0.1, -0.05) is 29.2 Å². The maximum absolute atomic E-state index is 12.8. The number of piperidine rings is 1. The molecule has 1 aliphatic heterocycles. The fraction of sp³-hybridized carbons (Fsp3) is 0.389. The molecule has 0 radical (unpaired) electrons. The molecule has 1 N–H and O–H groups in total. The Hall–Kier alpha value is -1.95. The Labute approximate surface area is 178 Å². The van der Waals surface area contributed by atoms with Crippen LogP contribution in [0.3, 0.4) is 0 Å². The van der Waals surface area contributed by atoms with Gasteiger partial charge in [0.25, 0.3) is 0 Å². The van der Waals surface area contributed by atoms with Gasteiger partial charge in [0.1, 0.15) is 5.75 Å². The van der Waals surface area contributed by atoms with Crippen molar-refractivity contribution < 1.29 is 17.9 Å². The van der Waals surface area contributed by atoms with Crippen molar-refractivity contribution in [2.75, 3.05) is 31.3 Å². The minimum Gasteiger partial charge on any atom is -0.497 e. The number of nitrogens with zero attached hydrogens (tertiary/aromatic N) is 3. The van der Waals surface area contributed by atoms with E-state index < -0.39 is 10.0 Å². The quantitative estimate of drug-likeness (QED) is 0.372. The van der Waals surface area contributed by atoms with Crippen LogP contribution in [0.4, 0.5) is 5.13 Å². The topological polar surface area (TPSA) is 101 Å². The summed E-state index contributed by atoms with van der Waals surface area (Å²) < 4.78 is 32.9. The number of anilines is 1. The molecule has 2 aromatic rings. The van der Waals surface area contributed by atoms with E-state index in [0.29, 0.717) is 36.8 Å². The van der Waals surface area contributed by atoms with Crippen LogP contribution in [-0.4, -0.2) is 54.8 Å². The molecule has 1 fully saturated rings. The number of nitrogens with one attached hydrogen (secondary N) is 1. The summed E-state index contributed by atoms with van der Waals surface area (Å²) in [5, 5.41) is 11.2. The molecular weight excluding hydrogens is 432 g/mol. The van der Waals surface area contributed by atoms with Crippen LogP contribution in [0.2, 0.25) is 0 Å². The van der Waals surface area contributed by atoms with E-state index in [0.717, 1.165) is 10.1 Å². The van der Waals surface area contributed by atoms with Gasteiger partial charge in [0.15, 0.2) is 4.34 Å². The van der Waals surface area contributed by atoms with Gasteiger partial charge >= 0.3 is 0 Å². The number of methoxy groups -OCH3 is 1. The van der Waals surface area contributed by atoms with Crippen molar-refractivity contribution in [3.8, 4) is 5.75 Å². The summed E-state index contributed by atoms with van der Waals surface area (Å²) in [6.07, 6.45) is 2.69. The molecule has 1 aliphatic rings. The molecule has 156 valence electrons. The third-order valence-electron chi connectivity index (χ3n) is 4.48. The Morgan fingerprint density at radius 2 is 2.03 bits per heavy atom. The predicted octanol–water partition coefficient (Wildman–Crippen LogP) is 2.86. The van der Waals surface area contributed by atoms with Crippen molar-refractivity contribution in [1.82, 2.24) is 14.5 Å². The highest BCUT2D eigenvalue weighted by molar-refractivity contribution is 8.01. The largest absolute Gasteiger partial charge is 0.497 e. The van der Waals surface area contributed by atoms with Crippen molar-refractivity contribution in [3.63, 3.8) is 0 Å². The Balaban J connectivity index is 1.55. The average Bonchev–Trinajstić information content (AvgIpc) is 3.19. The Bertz CT molecular complexity index is 952. The van der Waals surface area contributed by atoms with Crippen LogP contribution in [0.15, 0.2) is 46.2 Å². The monoisotopic (exact) mass is 454 g/mol. The van der Waals surface area contributed by atoms with Gasteiger partial charge in [-0.15, -0.1) is 16.8 Å². The van der Waals surface area contributed by atoms with Crippen molar-refractivity contribution in [2.45, 2.75) is 22.1 Å². The van der Waals surface area contributed by atoms with E-state index in [-0.39, 0.29) is 16.7 Å². The van der Waals surface area contributed by atoms with E-state index in [1.165, 1.54) is 46.6 Å². The molecule has 3 rings (SSSR count). The third kappa shape index (κ3) is 5.35. The van der Waals surface area contributed by atoms with Crippen molar-refractivity contribution >= 4 is 44.2 Å². The molecule has 0 bridgehead atoms. The van der Waals surface area contributed by atoms with E-state index >= 15 is 0 Å². The molecule has 0 unspecified atom stereocenters. The number of carbonyl (C=O) groups excluding carboxylic acids is 1. The molecule has 1 aromatic heterocycles. The number of thioether (sulfide) groups is 1. The highest BCUT2D eigenvalue weighted by Gasteiger charge is 2.32. The van der Waals surface area contributed by atoms with Gasteiger partial charge in [-0.25, -0.2) is 8.42 Å². The van der Waals surface area contributed by atoms with Gasteiger partial charge in [-0.2, -0.15) is 4.31 Å². The second-order valence-electron chi connectivity index (χ2n) is 6.32. The second kappa shape index (κ2) is 9.70. The molecule has 2 heterocycles. The lowest BCUT2D eigenvalue weighted by molar-refractivity contribution is -0.120. The predicted molar refractivity (Wildman–Crippen MR) is 114 cm³/mol. The summed E-state index contributed by atoms with van der Waals surface area (Å²) >= 11 is 2.82. The zero-order chi connectivity index (χ0) is 20.9. The van der Waals surface area contributed by atoms with E-state index in [9.17, 15) is 13.2 Å². The lowest BCUT2D eigenvalue weighted by Crippen LogP contribution is -2.41. The first-order valence-corrected chi connectivity index (χ1v) is 12.2. The van der Waals surface area contributed by atoms with Crippen LogP contribution in [0.5, 0.6) is 5.75 Å². The summed E-state index contributed by atoms with van der Waals surface area (Å²) in [5.41, 5.74) is 0. The van der Waals surface area contributed by atoms with Crippen LogP contribution < -0.4 is 10.1 Å². The molecule has 0 saturated carbocycles. The first kappa shape index (κ1) is 21.8. The number of sulfonamides is 1. The van der Waals surface area contributed by atoms with Crippen LogP contribution in [0.1, 0.15) is 12.8 Å². The lowest BCUT2D eigenvalue weighted by atomic mass is 9.97. The number of carbonyl (C=O) groups is 1. The molecule has 1 saturated heterocycles. The first-order chi connectivity index (χ1) is 13.9. The van der Waals surface area contributed by atoms with Crippen LogP contribution in [-0.2, 0) is 14.8 Å². The summed E-state index contributed by atoms with van der Waals surface area (Å²) in [6.45, 7) is 4.25. The Morgan fingerprint density at radius 3 is 2.66 bits per heavy atom. The minimum atomic E-state index is -3.59. The molecule has 11 heteroatoms. The highest BCUT2D eigenvalue weighted by atomic mass is 32.2. The van der Waals surface area contributed by atoms with E-state index in [1.54, 1.807) is 18.2 Å². The van der Waals surface area contributed by atoms with Crippen LogP contribution in [0, 0.1) is 5.92 Å². The van der Waals surface area contributed by atoms with E-state index in [2.05, 4.69) is 22.1 Å². The number of rotatable bonds is 8. The van der Waals surface area contributed by atoms with Gasteiger partial charge in [0.05, 0.1) is 12.0 Å². The molecule has 0 aliphatic carbocycles. The van der Waals surface area contributed by atoms with Gasteiger partial charge in [0, 0.05) is 24.8 Å². The van der Waals surface area contributed by atoms with E-state index in [4.69, 9.17) is 4.74 Å². The van der Waals surface area contributed by atoms with Crippen molar-refractivity contribution in [2.24, 2.45) is 5.92 Å². The average molecular weight is 455 g/mol. The number of hydrogen-bond donors (Lipinski definition) is 1. The minimum absolute atomic E-state index is 0.150. The summed E-state index contributed by atoms with van der Waals surface area (Å²) in [7, 11) is -2.06. The standard InChI is InChI=1S/C18H22N4O4S3/c1-3-12-27-18-21-20-17(28-18)19-16(23)13-8-10-22(11-9-13)29(24,25)15-6-4-14(26-2)5-7-15/h3-7,13H,1,8-12H2,2H3,(H,19,20,23). The third-order valence-corrected chi connectivity index (χ3v) is 8.36. The van der Waals surface area contributed by atoms with Crippen LogP contribution >= 0.6 is 23.1 Å². The normalized spacial score (nSPS) is 15.8. The maximum atomic E-state index is 12.8. The summed E-state index contributed by atoms with van der Waals surface area (Å²) in [5.74, 6) is 0.916. The van der Waals surface area contributed by atoms with Gasteiger partial charge in [-0.05, 0) is 37.1 Å². The molecular formula is C18H22N4O4S3. The van der Waals surface area contributed by atoms with Gasteiger partial charge in [0.2, 0.25) is 21.1 Å². The van der Waals surface area contributed by atoms with Crippen LogP contribution in [0.25, 0.3) is 0 Å². The first-order valence-electron chi connectivity index (χ1n) is 8.96. The summed E-state index contributed by atoms with van der Waals surface area (Å²) in [6, 6.07) is 6.31. The fourth-order valence-corrected chi connectivity index (χ4v) is 5.90. The molecule has 0 atom stereocenters. The number of ether oxygens (including phenoxy) is 1. The molecule has 29 heavy (non-hydrogen) atoms. The Morgan fingerprint density at radius 1 is 1.34 bits per heavy atom. The van der Waals surface area contributed by atoms with Crippen molar-refractivity contribution in [3.05, 3.63) is 36.9 Å². The zero-order valence-electron chi connectivity index (χ0n) is 15.9. The SMILES string of the molecule is C=CCSc1nnc(NC(=O)C2CCN(S(=O)(=O)c3ccc(OC)cc3)CC2)s1. The number of benzene rings is 1. The molecule has 0 spiro atoms. The summed E-state index contributed by atoms with van der Waals surface area (Å²) in [4.78, 5) is 12.7. The fourth-order valence-electron chi connectivity index (χ4n) is 2.91. The Kier molecular flexibility index (Phi) is 7.28. The molecule has 1 aromatic carbocycles. The van der Waals surface area contributed by atoms with Gasteiger partial charge in [-0.3, -0.25) is 4.79 Å². The number of aromatic nitrogens is 2. The second-order valence-corrected chi connectivity index (χ2v) is 10.5. The lowest BCUT2D eigenvalue weighted by Gasteiger charge is -2.30. The number of hydrogen-bond acceptors (Lipinski definition) is 8. The van der Waals surface area contributed by atoms with Gasteiger partial charge < -0.3 is 10.1 Å². The smallest absolute Gasteiger partial charge is 0.243 e. The highest BCUT2D eigenvalue weighted by Crippen LogP contribution is 2.28. The van der Waals surface area contributed by atoms with E-state index in [1.807, 2.05) is 0 Å². The zero-order valence-corrected chi connectivity index (χ0v) is 18.4. The number of amides is 1. The maximum Gasteiger partial charge on any atom is 0.243 e. The molecule has 1 amide bonds.